The number of furan rings is 1. The van der Waals surface area contributed by atoms with Crippen molar-refractivity contribution in [2.24, 2.45) is 0 Å². The highest BCUT2D eigenvalue weighted by molar-refractivity contribution is 8.03. The molecule has 0 bridgehead atoms. The lowest BCUT2D eigenvalue weighted by Crippen LogP contribution is -2.31. The van der Waals surface area contributed by atoms with E-state index in [1.807, 2.05) is 24.3 Å². The number of para-hydroxylation sites is 2. The van der Waals surface area contributed by atoms with E-state index in [1.165, 1.54) is 35.8 Å². The van der Waals surface area contributed by atoms with E-state index in [4.69, 9.17) is 4.42 Å². The summed E-state index contributed by atoms with van der Waals surface area (Å²) in [5, 5.41) is 18.9. The van der Waals surface area contributed by atoms with Crippen molar-refractivity contribution in [3.8, 4) is 6.07 Å². The summed E-state index contributed by atoms with van der Waals surface area (Å²) in [4.78, 5) is 30.6. The Kier molecular flexibility index (Phi) is 7.87. The zero-order valence-electron chi connectivity index (χ0n) is 21.2. The number of fused-ring (bicyclic) bond motifs is 1. The zero-order chi connectivity index (χ0) is 29.1. The third kappa shape index (κ3) is 5.98. The van der Waals surface area contributed by atoms with E-state index in [-0.39, 0.29) is 27.6 Å². The first kappa shape index (κ1) is 28.0. The lowest BCUT2D eigenvalue weighted by atomic mass is 9.85. The SMILES string of the molecule is CC1=C(C(=O)Nc2nc3ccccc3s2)C(c2ccco2)C(C#N)=C(SCC(=O)Nc2ccccc2C(F)(F)F)N1. The monoisotopic (exact) mass is 595 g/mol. The lowest BCUT2D eigenvalue weighted by molar-refractivity contribution is -0.137. The van der Waals surface area contributed by atoms with Gasteiger partial charge >= 0.3 is 6.18 Å². The molecule has 0 saturated carbocycles. The minimum atomic E-state index is -4.64. The quantitative estimate of drug-likeness (QED) is 0.220. The van der Waals surface area contributed by atoms with Crippen LogP contribution in [0.4, 0.5) is 24.0 Å². The molecule has 41 heavy (non-hydrogen) atoms. The first-order valence-corrected chi connectivity index (χ1v) is 13.9. The molecule has 0 fully saturated rings. The average Bonchev–Trinajstić information content (AvgIpc) is 3.61. The molecule has 1 unspecified atom stereocenters. The molecule has 5 rings (SSSR count). The van der Waals surface area contributed by atoms with Gasteiger partial charge < -0.3 is 15.1 Å². The van der Waals surface area contributed by atoms with Gasteiger partial charge in [0.05, 0.1) is 61.6 Å². The van der Waals surface area contributed by atoms with E-state index in [2.05, 4.69) is 27.0 Å². The molecule has 1 aliphatic rings. The van der Waals surface area contributed by atoms with Gasteiger partial charge in [0.1, 0.15) is 5.76 Å². The molecular formula is C28H20F3N5O3S2. The Labute approximate surface area is 239 Å². The molecule has 3 heterocycles. The first-order valence-electron chi connectivity index (χ1n) is 12.1. The molecule has 208 valence electrons. The van der Waals surface area contributed by atoms with Crippen molar-refractivity contribution >= 4 is 55.9 Å². The minimum absolute atomic E-state index is 0.119. The van der Waals surface area contributed by atoms with Crippen LogP contribution < -0.4 is 16.0 Å². The molecule has 13 heteroatoms. The van der Waals surface area contributed by atoms with E-state index in [1.54, 1.807) is 19.1 Å². The number of benzene rings is 2. The summed E-state index contributed by atoms with van der Waals surface area (Å²) in [7, 11) is 0. The van der Waals surface area contributed by atoms with Gasteiger partial charge in [-0.05, 0) is 43.3 Å². The number of amides is 2. The Bertz CT molecular complexity index is 1700. The topological polar surface area (TPSA) is 120 Å². The fraction of sp³-hybridized carbons (Fsp3) is 0.143. The smallest absolute Gasteiger partial charge is 0.418 e. The molecule has 1 aliphatic heterocycles. The zero-order valence-corrected chi connectivity index (χ0v) is 22.8. The highest BCUT2D eigenvalue weighted by Gasteiger charge is 2.37. The van der Waals surface area contributed by atoms with Crippen LogP contribution in [0.1, 0.15) is 24.2 Å². The lowest BCUT2D eigenvalue weighted by Gasteiger charge is -2.28. The number of dihydropyridines is 1. The number of carbonyl (C=O) groups excluding carboxylic acids is 2. The normalized spacial score (nSPS) is 15.4. The van der Waals surface area contributed by atoms with Crippen LogP contribution in [0.15, 0.2) is 93.2 Å². The van der Waals surface area contributed by atoms with E-state index in [9.17, 15) is 28.0 Å². The third-order valence-corrected chi connectivity index (χ3v) is 8.06. The summed E-state index contributed by atoms with van der Waals surface area (Å²) < 4.78 is 46.5. The molecule has 3 N–H and O–H groups in total. The Hall–Kier alpha value is -4.54. The summed E-state index contributed by atoms with van der Waals surface area (Å²) in [6.07, 6.45) is -3.22. The maximum atomic E-state index is 13.5. The number of thioether (sulfide) groups is 1. The van der Waals surface area contributed by atoms with E-state index in [0.717, 1.165) is 28.0 Å². The van der Waals surface area contributed by atoms with Crippen molar-refractivity contribution in [2.75, 3.05) is 16.4 Å². The molecule has 0 aliphatic carbocycles. The van der Waals surface area contributed by atoms with Gasteiger partial charge in [-0.2, -0.15) is 18.4 Å². The molecule has 4 aromatic rings. The van der Waals surface area contributed by atoms with Crippen molar-refractivity contribution in [2.45, 2.75) is 19.0 Å². The van der Waals surface area contributed by atoms with Crippen molar-refractivity contribution in [3.05, 3.63) is 100 Å². The van der Waals surface area contributed by atoms with Crippen LogP contribution in [-0.2, 0) is 15.8 Å². The highest BCUT2D eigenvalue weighted by Crippen LogP contribution is 2.41. The fourth-order valence-electron chi connectivity index (χ4n) is 4.32. The number of aromatic nitrogens is 1. The standard InChI is InChI=1S/C28H20F3N5O3S2/c1-15-23(25(38)36-27-35-19-9-4-5-11-21(19)41-27)24(20-10-6-12-39-20)16(13-32)26(33-15)40-14-22(37)34-18-8-3-2-7-17(18)28(29,30)31/h2-12,24,33H,14H2,1H3,(H,34,37)(H,35,36,38). The summed E-state index contributed by atoms with van der Waals surface area (Å²) >= 11 is 2.24. The number of nitriles is 1. The number of halogens is 3. The Balaban J connectivity index is 1.38. The van der Waals surface area contributed by atoms with Gasteiger partial charge in [-0.1, -0.05) is 47.4 Å². The summed E-state index contributed by atoms with van der Waals surface area (Å²) in [6, 6.07) is 17.5. The summed E-state index contributed by atoms with van der Waals surface area (Å²) in [6.45, 7) is 1.65. The second-order valence-electron chi connectivity index (χ2n) is 8.79. The van der Waals surface area contributed by atoms with Gasteiger partial charge in [0.2, 0.25) is 5.91 Å². The molecule has 2 amide bonds. The molecular weight excluding hydrogens is 575 g/mol. The van der Waals surface area contributed by atoms with Gasteiger partial charge in [-0.3, -0.25) is 14.9 Å². The molecule has 2 aromatic carbocycles. The average molecular weight is 596 g/mol. The first-order chi connectivity index (χ1) is 19.7. The number of allylic oxidation sites excluding steroid dienone is 2. The summed E-state index contributed by atoms with van der Waals surface area (Å²) in [5.74, 6) is -2.06. The number of anilines is 2. The Morgan fingerprint density at radius 1 is 1.12 bits per heavy atom. The molecule has 8 nitrogen and oxygen atoms in total. The molecule has 1 atom stereocenters. The second kappa shape index (κ2) is 11.5. The number of thiazole rings is 1. The number of hydrogen-bond acceptors (Lipinski definition) is 8. The number of nitrogens with one attached hydrogen (secondary N) is 3. The van der Waals surface area contributed by atoms with Crippen molar-refractivity contribution in [1.82, 2.24) is 10.3 Å². The third-order valence-electron chi connectivity index (χ3n) is 6.09. The Morgan fingerprint density at radius 2 is 1.88 bits per heavy atom. The van der Waals surface area contributed by atoms with Crippen LogP contribution in [0.25, 0.3) is 10.2 Å². The number of rotatable bonds is 7. The van der Waals surface area contributed by atoms with Crippen molar-refractivity contribution < 1.29 is 27.2 Å². The molecule has 0 radical (unpaired) electrons. The largest absolute Gasteiger partial charge is 0.468 e. The number of nitrogens with zero attached hydrogens (tertiary/aromatic N) is 2. The van der Waals surface area contributed by atoms with Gasteiger partial charge in [0.25, 0.3) is 5.91 Å². The number of hydrogen-bond donors (Lipinski definition) is 3. The predicted octanol–water partition coefficient (Wildman–Crippen LogP) is 6.61. The second-order valence-corrected chi connectivity index (χ2v) is 10.8. The number of alkyl halides is 3. The van der Waals surface area contributed by atoms with Crippen LogP contribution in [0.5, 0.6) is 0 Å². The highest BCUT2D eigenvalue weighted by atomic mass is 32.2. The summed E-state index contributed by atoms with van der Waals surface area (Å²) in [5.41, 5.74) is 0.156. The fourth-order valence-corrected chi connectivity index (χ4v) is 6.07. The van der Waals surface area contributed by atoms with Crippen LogP contribution in [0.3, 0.4) is 0 Å². The van der Waals surface area contributed by atoms with Crippen LogP contribution in [-0.4, -0.2) is 22.6 Å². The van der Waals surface area contributed by atoms with Crippen LogP contribution >= 0.6 is 23.1 Å². The van der Waals surface area contributed by atoms with Crippen molar-refractivity contribution in [3.63, 3.8) is 0 Å². The Morgan fingerprint density at radius 3 is 2.59 bits per heavy atom. The van der Waals surface area contributed by atoms with Gasteiger partial charge in [-0.15, -0.1) is 0 Å². The van der Waals surface area contributed by atoms with Crippen LogP contribution in [0, 0.1) is 11.3 Å². The van der Waals surface area contributed by atoms with E-state index >= 15 is 0 Å². The van der Waals surface area contributed by atoms with Gasteiger partial charge in [0.15, 0.2) is 5.13 Å². The maximum absolute atomic E-state index is 13.5. The molecule has 0 saturated heterocycles. The van der Waals surface area contributed by atoms with E-state index < -0.39 is 29.5 Å². The van der Waals surface area contributed by atoms with Crippen LogP contribution in [0.2, 0.25) is 0 Å². The van der Waals surface area contributed by atoms with Gasteiger partial charge in [-0.25, -0.2) is 4.98 Å². The van der Waals surface area contributed by atoms with Gasteiger partial charge in [0, 0.05) is 5.70 Å². The van der Waals surface area contributed by atoms with E-state index in [0.29, 0.717) is 16.6 Å². The van der Waals surface area contributed by atoms with Crippen molar-refractivity contribution in [1.29, 1.82) is 5.26 Å². The maximum Gasteiger partial charge on any atom is 0.418 e. The minimum Gasteiger partial charge on any atom is -0.468 e. The number of carbonyl (C=O) groups is 2. The molecule has 2 aromatic heterocycles. The predicted molar refractivity (Wildman–Crippen MR) is 151 cm³/mol. The molecule has 0 spiro atoms.